The van der Waals surface area contributed by atoms with E-state index >= 15 is 0 Å². The highest BCUT2D eigenvalue weighted by Gasteiger charge is 2.18. The van der Waals surface area contributed by atoms with E-state index in [0.717, 1.165) is 17.7 Å². The summed E-state index contributed by atoms with van der Waals surface area (Å²) >= 11 is 1.74. The van der Waals surface area contributed by atoms with Crippen LogP contribution < -0.4 is 5.73 Å². The second kappa shape index (κ2) is 6.28. The predicted octanol–water partition coefficient (Wildman–Crippen LogP) is 3.33. The predicted molar refractivity (Wildman–Crippen MR) is 78.7 cm³/mol. The first-order valence-electron chi connectivity index (χ1n) is 6.30. The van der Waals surface area contributed by atoms with Crippen molar-refractivity contribution in [1.29, 1.82) is 0 Å². The molecule has 0 fully saturated rings. The molecule has 2 rings (SSSR count). The molecule has 1 atom stereocenters. The standard InChI is InChI=1S/C15H19FN2S/c1-11-8-12(16)5-6-14(11)15(9-17)18(2)10-13-4-3-7-19-13/h3-8,15H,9-10,17H2,1-2H3. The molecule has 0 bridgehead atoms. The van der Waals surface area contributed by atoms with Gasteiger partial charge in [-0.25, -0.2) is 4.39 Å². The number of halogens is 1. The van der Waals surface area contributed by atoms with Gasteiger partial charge in [0.25, 0.3) is 0 Å². The highest BCUT2D eigenvalue weighted by Crippen LogP contribution is 2.25. The SMILES string of the molecule is Cc1cc(F)ccc1C(CN)N(C)Cc1cccs1. The lowest BCUT2D eigenvalue weighted by Crippen LogP contribution is -2.30. The van der Waals surface area contributed by atoms with Gasteiger partial charge in [-0.3, -0.25) is 4.90 Å². The van der Waals surface area contributed by atoms with Crippen LogP contribution in [0.1, 0.15) is 22.0 Å². The number of rotatable bonds is 5. The van der Waals surface area contributed by atoms with E-state index in [4.69, 9.17) is 5.73 Å². The summed E-state index contributed by atoms with van der Waals surface area (Å²) in [6.45, 7) is 3.31. The second-order valence-electron chi connectivity index (χ2n) is 4.75. The van der Waals surface area contributed by atoms with Crippen molar-refractivity contribution in [2.24, 2.45) is 5.73 Å². The van der Waals surface area contributed by atoms with Crippen molar-refractivity contribution in [3.05, 3.63) is 57.5 Å². The van der Waals surface area contributed by atoms with Crippen LogP contribution in [0.15, 0.2) is 35.7 Å². The van der Waals surface area contributed by atoms with Crippen LogP contribution in [0.5, 0.6) is 0 Å². The monoisotopic (exact) mass is 278 g/mol. The third-order valence-corrected chi connectivity index (χ3v) is 4.19. The van der Waals surface area contributed by atoms with E-state index in [0.29, 0.717) is 6.54 Å². The fraction of sp³-hybridized carbons (Fsp3) is 0.333. The fourth-order valence-electron chi connectivity index (χ4n) is 2.32. The maximum Gasteiger partial charge on any atom is 0.123 e. The summed E-state index contributed by atoms with van der Waals surface area (Å²) in [5.74, 6) is -0.196. The number of thiophene rings is 1. The zero-order valence-electron chi connectivity index (χ0n) is 11.3. The Labute approximate surface area is 117 Å². The van der Waals surface area contributed by atoms with E-state index in [1.165, 1.54) is 10.9 Å². The molecule has 102 valence electrons. The Bertz CT molecular complexity index is 525. The summed E-state index contributed by atoms with van der Waals surface area (Å²) in [4.78, 5) is 3.52. The molecule has 19 heavy (non-hydrogen) atoms. The van der Waals surface area contributed by atoms with Gasteiger partial charge in [-0.1, -0.05) is 12.1 Å². The van der Waals surface area contributed by atoms with Crippen LogP contribution in [0.3, 0.4) is 0 Å². The molecule has 1 heterocycles. The van der Waals surface area contributed by atoms with Gasteiger partial charge in [0.2, 0.25) is 0 Å². The Kier molecular flexibility index (Phi) is 4.69. The number of hydrogen-bond donors (Lipinski definition) is 1. The maximum absolute atomic E-state index is 13.2. The van der Waals surface area contributed by atoms with Crippen molar-refractivity contribution in [3.8, 4) is 0 Å². The Morgan fingerprint density at radius 1 is 1.37 bits per heavy atom. The van der Waals surface area contributed by atoms with E-state index in [1.807, 2.05) is 13.0 Å². The summed E-state index contributed by atoms with van der Waals surface area (Å²) in [6.07, 6.45) is 0. The summed E-state index contributed by atoms with van der Waals surface area (Å²) in [6, 6.07) is 9.19. The van der Waals surface area contributed by atoms with Gasteiger partial charge in [-0.15, -0.1) is 11.3 Å². The van der Waals surface area contributed by atoms with Crippen molar-refractivity contribution in [1.82, 2.24) is 4.90 Å². The minimum absolute atomic E-state index is 0.114. The van der Waals surface area contributed by atoms with E-state index in [1.54, 1.807) is 17.4 Å². The van der Waals surface area contributed by atoms with E-state index in [-0.39, 0.29) is 11.9 Å². The van der Waals surface area contributed by atoms with E-state index < -0.39 is 0 Å². The third kappa shape index (κ3) is 3.41. The molecule has 2 nitrogen and oxygen atoms in total. The summed E-state index contributed by atoms with van der Waals surface area (Å²) in [7, 11) is 2.06. The second-order valence-corrected chi connectivity index (χ2v) is 5.78. The van der Waals surface area contributed by atoms with Gasteiger partial charge < -0.3 is 5.73 Å². The fourth-order valence-corrected chi connectivity index (χ4v) is 3.08. The average Bonchev–Trinajstić information content (AvgIpc) is 2.85. The molecule has 0 spiro atoms. The average molecular weight is 278 g/mol. The number of benzene rings is 1. The molecular weight excluding hydrogens is 259 g/mol. The molecule has 0 radical (unpaired) electrons. The lowest BCUT2D eigenvalue weighted by atomic mass is 10.00. The molecule has 0 aliphatic heterocycles. The molecule has 2 N–H and O–H groups in total. The molecule has 0 saturated heterocycles. The zero-order chi connectivity index (χ0) is 13.8. The van der Waals surface area contributed by atoms with Gasteiger partial charge in [-0.05, 0) is 48.7 Å². The Balaban J connectivity index is 2.18. The van der Waals surface area contributed by atoms with Crippen LogP contribution in [0.25, 0.3) is 0 Å². The number of aryl methyl sites for hydroxylation is 1. The molecule has 4 heteroatoms. The zero-order valence-corrected chi connectivity index (χ0v) is 12.1. The maximum atomic E-state index is 13.2. The number of nitrogens with zero attached hydrogens (tertiary/aromatic N) is 1. The van der Waals surface area contributed by atoms with Gasteiger partial charge in [0.05, 0.1) is 0 Å². The van der Waals surface area contributed by atoms with Crippen LogP contribution in [0, 0.1) is 12.7 Å². The van der Waals surface area contributed by atoms with Crippen LogP contribution in [0.2, 0.25) is 0 Å². The molecule has 1 aromatic heterocycles. The molecule has 1 aromatic carbocycles. The lowest BCUT2D eigenvalue weighted by molar-refractivity contribution is 0.243. The smallest absolute Gasteiger partial charge is 0.123 e. The van der Waals surface area contributed by atoms with E-state index in [9.17, 15) is 4.39 Å². The normalized spacial score (nSPS) is 12.9. The Hall–Kier alpha value is -1.23. The minimum atomic E-state index is -0.196. The lowest BCUT2D eigenvalue weighted by Gasteiger charge is -2.28. The molecular formula is C15H19FN2S. The first-order valence-corrected chi connectivity index (χ1v) is 7.18. The van der Waals surface area contributed by atoms with Gasteiger partial charge in [0.1, 0.15) is 5.82 Å². The van der Waals surface area contributed by atoms with Crippen LogP contribution in [-0.4, -0.2) is 18.5 Å². The quantitative estimate of drug-likeness (QED) is 0.909. The van der Waals surface area contributed by atoms with Crippen molar-refractivity contribution >= 4 is 11.3 Å². The largest absolute Gasteiger partial charge is 0.329 e. The number of nitrogens with two attached hydrogens (primary N) is 1. The van der Waals surface area contributed by atoms with Crippen molar-refractivity contribution in [3.63, 3.8) is 0 Å². The summed E-state index contributed by atoms with van der Waals surface area (Å²) in [5, 5.41) is 2.07. The highest BCUT2D eigenvalue weighted by molar-refractivity contribution is 7.09. The van der Waals surface area contributed by atoms with Gasteiger partial charge >= 0.3 is 0 Å². The van der Waals surface area contributed by atoms with Crippen LogP contribution >= 0.6 is 11.3 Å². The molecule has 1 unspecified atom stereocenters. The van der Waals surface area contributed by atoms with Gasteiger partial charge in [0, 0.05) is 24.0 Å². The number of hydrogen-bond acceptors (Lipinski definition) is 3. The molecule has 0 amide bonds. The number of likely N-dealkylation sites (N-methyl/N-ethyl adjacent to an activating group) is 1. The van der Waals surface area contributed by atoms with Crippen molar-refractivity contribution < 1.29 is 4.39 Å². The van der Waals surface area contributed by atoms with E-state index in [2.05, 4.69) is 29.5 Å². The van der Waals surface area contributed by atoms with Crippen molar-refractivity contribution in [2.45, 2.75) is 19.5 Å². The molecule has 0 aliphatic rings. The summed E-state index contributed by atoms with van der Waals surface area (Å²) < 4.78 is 13.2. The van der Waals surface area contributed by atoms with Crippen LogP contribution in [0.4, 0.5) is 4.39 Å². The molecule has 0 aliphatic carbocycles. The molecule has 0 saturated carbocycles. The Morgan fingerprint density at radius 3 is 2.74 bits per heavy atom. The van der Waals surface area contributed by atoms with Gasteiger partial charge in [-0.2, -0.15) is 0 Å². The topological polar surface area (TPSA) is 29.3 Å². The Morgan fingerprint density at radius 2 is 2.16 bits per heavy atom. The summed E-state index contributed by atoms with van der Waals surface area (Å²) in [5.41, 5.74) is 7.96. The first kappa shape index (κ1) is 14.2. The minimum Gasteiger partial charge on any atom is -0.329 e. The highest BCUT2D eigenvalue weighted by atomic mass is 32.1. The van der Waals surface area contributed by atoms with Gasteiger partial charge in [0.15, 0.2) is 0 Å². The first-order chi connectivity index (χ1) is 9.11. The van der Waals surface area contributed by atoms with Crippen LogP contribution in [-0.2, 0) is 6.54 Å². The van der Waals surface area contributed by atoms with Crippen molar-refractivity contribution in [2.75, 3.05) is 13.6 Å². The third-order valence-electron chi connectivity index (χ3n) is 3.33. The molecule has 2 aromatic rings.